The highest BCUT2D eigenvalue weighted by Gasteiger charge is 2.31. The molecule has 1 saturated heterocycles. The van der Waals surface area contributed by atoms with Crippen molar-refractivity contribution in [2.45, 2.75) is 39.2 Å². The molecule has 1 N–H and O–H groups in total. The molecule has 0 radical (unpaired) electrons. The smallest absolute Gasteiger partial charge is 0.320 e. The van der Waals surface area contributed by atoms with Crippen molar-refractivity contribution in [2.75, 3.05) is 31.1 Å². The van der Waals surface area contributed by atoms with E-state index in [2.05, 4.69) is 13.8 Å². The van der Waals surface area contributed by atoms with Gasteiger partial charge in [0.1, 0.15) is 0 Å². The first-order valence-corrected chi connectivity index (χ1v) is 8.10. The first kappa shape index (κ1) is 16.1. The van der Waals surface area contributed by atoms with E-state index in [4.69, 9.17) is 5.11 Å². The van der Waals surface area contributed by atoms with Crippen LogP contribution in [0.25, 0.3) is 0 Å². The number of aliphatic carboxylic acids is 1. The van der Waals surface area contributed by atoms with E-state index < -0.39 is 5.97 Å². The quantitative estimate of drug-likeness (QED) is 0.813. The van der Waals surface area contributed by atoms with Crippen molar-refractivity contribution in [3.05, 3.63) is 0 Å². The molecule has 1 aliphatic heterocycles. The van der Waals surface area contributed by atoms with Crippen LogP contribution in [0.2, 0.25) is 0 Å². The molecular weight excluding hydrogens is 264 g/mol. The van der Waals surface area contributed by atoms with Crippen molar-refractivity contribution < 1.29 is 14.7 Å². The Morgan fingerprint density at radius 1 is 1.32 bits per heavy atom. The molecule has 110 valence electrons. The van der Waals surface area contributed by atoms with Gasteiger partial charge in [-0.05, 0) is 12.8 Å². The molecule has 1 heterocycles. The van der Waals surface area contributed by atoms with E-state index in [1.807, 2.05) is 4.90 Å². The minimum Gasteiger partial charge on any atom is -0.481 e. The lowest BCUT2D eigenvalue weighted by Gasteiger charge is -2.38. The summed E-state index contributed by atoms with van der Waals surface area (Å²) in [4.78, 5) is 27.0. The Morgan fingerprint density at radius 3 is 2.47 bits per heavy atom. The highest BCUT2D eigenvalue weighted by molar-refractivity contribution is 7.99. The fourth-order valence-corrected chi connectivity index (χ4v) is 3.36. The molecule has 1 fully saturated rings. The highest BCUT2D eigenvalue weighted by atomic mass is 32.2. The average Bonchev–Trinajstić information content (AvgIpc) is 2.38. The van der Waals surface area contributed by atoms with E-state index in [0.717, 1.165) is 37.4 Å². The van der Waals surface area contributed by atoms with Gasteiger partial charge in [0.25, 0.3) is 0 Å². The molecule has 0 aromatic rings. The lowest BCUT2D eigenvalue weighted by Crippen LogP contribution is -2.52. The van der Waals surface area contributed by atoms with Crippen LogP contribution < -0.4 is 0 Å². The van der Waals surface area contributed by atoms with Crippen LogP contribution >= 0.6 is 11.8 Å². The minimum absolute atomic E-state index is 0.00949. The monoisotopic (exact) mass is 288 g/mol. The summed E-state index contributed by atoms with van der Waals surface area (Å²) in [6.45, 7) is 6.26. The average molecular weight is 288 g/mol. The van der Waals surface area contributed by atoms with E-state index in [0.29, 0.717) is 6.54 Å². The van der Waals surface area contributed by atoms with E-state index in [-0.39, 0.29) is 18.5 Å². The van der Waals surface area contributed by atoms with Crippen molar-refractivity contribution in [3.63, 3.8) is 0 Å². The third-order valence-corrected chi connectivity index (χ3v) is 4.23. The Balaban J connectivity index is 2.70. The predicted octanol–water partition coefficient (Wildman–Crippen LogP) is 2.12. The summed E-state index contributed by atoms with van der Waals surface area (Å²) in [6, 6.07) is -0.157. The lowest BCUT2D eigenvalue weighted by molar-refractivity contribution is -0.138. The van der Waals surface area contributed by atoms with Crippen LogP contribution in [0.5, 0.6) is 0 Å². The molecule has 1 rings (SSSR count). The maximum absolute atomic E-state index is 12.5. The van der Waals surface area contributed by atoms with E-state index in [9.17, 15) is 9.59 Å². The van der Waals surface area contributed by atoms with Gasteiger partial charge in [0.05, 0.1) is 12.5 Å². The standard InChI is InChI=1S/C13H24N2O3S/c1-3-5-14(6-4-2)13(18)15-7-8-19-10-11(15)9-12(16)17/h11H,3-10H2,1-2H3,(H,16,17). The van der Waals surface area contributed by atoms with Gasteiger partial charge in [0.2, 0.25) is 0 Å². The molecule has 1 aliphatic rings. The molecule has 1 atom stereocenters. The molecule has 0 aromatic carbocycles. The second-order valence-corrected chi connectivity index (χ2v) is 5.94. The van der Waals surface area contributed by atoms with Gasteiger partial charge in [0, 0.05) is 31.1 Å². The molecule has 2 amide bonds. The van der Waals surface area contributed by atoms with Crippen molar-refractivity contribution in [1.29, 1.82) is 0 Å². The molecule has 0 spiro atoms. The van der Waals surface area contributed by atoms with Crippen LogP contribution in [-0.2, 0) is 4.79 Å². The van der Waals surface area contributed by atoms with E-state index in [1.54, 1.807) is 16.7 Å². The van der Waals surface area contributed by atoms with E-state index >= 15 is 0 Å². The number of hydrogen-bond donors (Lipinski definition) is 1. The van der Waals surface area contributed by atoms with Crippen molar-refractivity contribution in [1.82, 2.24) is 9.80 Å². The van der Waals surface area contributed by atoms with Crippen molar-refractivity contribution in [2.24, 2.45) is 0 Å². The Morgan fingerprint density at radius 2 is 1.95 bits per heavy atom. The zero-order chi connectivity index (χ0) is 14.3. The summed E-state index contributed by atoms with van der Waals surface area (Å²) in [5.74, 6) is 0.792. The maximum atomic E-state index is 12.5. The van der Waals surface area contributed by atoms with Crippen LogP contribution in [0.15, 0.2) is 0 Å². The summed E-state index contributed by atoms with van der Waals surface area (Å²) >= 11 is 1.73. The molecule has 1 unspecified atom stereocenters. The topological polar surface area (TPSA) is 60.9 Å². The molecule has 0 saturated carbocycles. The number of carboxylic acid groups (broad SMARTS) is 1. The Labute approximate surface area is 119 Å². The molecule has 19 heavy (non-hydrogen) atoms. The van der Waals surface area contributed by atoms with Gasteiger partial charge in [-0.25, -0.2) is 4.79 Å². The Kier molecular flexibility index (Phi) is 7.05. The Hall–Kier alpha value is -0.910. The van der Waals surface area contributed by atoms with Gasteiger partial charge >= 0.3 is 12.0 Å². The zero-order valence-electron chi connectivity index (χ0n) is 11.8. The number of rotatable bonds is 6. The third kappa shape index (κ3) is 4.93. The normalized spacial score (nSPS) is 19.3. The zero-order valence-corrected chi connectivity index (χ0v) is 12.6. The maximum Gasteiger partial charge on any atom is 0.320 e. The number of hydrogen-bond acceptors (Lipinski definition) is 3. The molecular formula is C13H24N2O3S. The molecule has 0 bridgehead atoms. The molecule has 6 heteroatoms. The summed E-state index contributed by atoms with van der Waals surface area (Å²) in [7, 11) is 0. The number of urea groups is 1. The largest absolute Gasteiger partial charge is 0.481 e. The van der Waals surface area contributed by atoms with Crippen molar-refractivity contribution in [3.8, 4) is 0 Å². The number of thioether (sulfide) groups is 1. The van der Waals surface area contributed by atoms with E-state index in [1.165, 1.54) is 0 Å². The summed E-state index contributed by atoms with van der Waals surface area (Å²) in [5, 5.41) is 8.95. The van der Waals surface area contributed by atoms with Crippen molar-refractivity contribution >= 4 is 23.8 Å². The van der Waals surface area contributed by atoms with Crippen LogP contribution in [0.1, 0.15) is 33.1 Å². The van der Waals surface area contributed by atoms with Crippen LogP contribution in [-0.4, -0.2) is 64.1 Å². The SMILES string of the molecule is CCCN(CCC)C(=O)N1CCSCC1CC(=O)O. The fourth-order valence-electron chi connectivity index (χ4n) is 2.30. The summed E-state index contributed by atoms with van der Waals surface area (Å²) in [5.41, 5.74) is 0. The number of carboxylic acids is 1. The Bertz CT molecular complexity index is 306. The second-order valence-electron chi connectivity index (χ2n) is 4.79. The summed E-state index contributed by atoms with van der Waals surface area (Å²) < 4.78 is 0. The fraction of sp³-hybridized carbons (Fsp3) is 0.846. The number of carbonyl (C=O) groups excluding carboxylic acids is 1. The van der Waals surface area contributed by atoms with Crippen LogP contribution in [0, 0.1) is 0 Å². The first-order valence-electron chi connectivity index (χ1n) is 6.95. The first-order chi connectivity index (χ1) is 9.10. The number of amides is 2. The van der Waals surface area contributed by atoms with Gasteiger partial charge < -0.3 is 14.9 Å². The summed E-state index contributed by atoms with van der Waals surface area (Å²) in [6.07, 6.45) is 1.90. The lowest BCUT2D eigenvalue weighted by atomic mass is 10.2. The van der Waals surface area contributed by atoms with Gasteiger partial charge in [0.15, 0.2) is 0 Å². The van der Waals surface area contributed by atoms with Gasteiger partial charge in [-0.1, -0.05) is 13.8 Å². The number of carbonyl (C=O) groups is 2. The van der Waals surface area contributed by atoms with Gasteiger partial charge in [-0.2, -0.15) is 11.8 Å². The van der Waals surface area contributed by atoms with Crippen LogP contribution in [0.3, 0.4) is 0 Å². The number of nitrogens with zero attached hydrogens (tertiary/aromatic N) is 2. The third-order valence-electron chi connectivity index (χ3n) is 3.14. The minimum atomic E-state index is -0.831. The second kappa shape index (κ2) is 8.30. The van der Waals surface area contributed by atoms with Crippen LogP contribution in [0.4, 0.5) is 4.79 Å². The highest BCUT2D eigenvalue weighted by Crippen LogP contribution is 2.20. The van der Waals surface area contributed by atoms with Gasteiger partial charge in [-0.15, -0.1) is 0 Å². The van der Waals surface area contributed by atoms with Gasteiger partial charge in [-0.3, -0.25) is 4.79 Å². The molecule has 0 aliphatic carbocycles. The molecule has 0 aromatic heterocycles. The predicted molar refractivity (Wildman–Crippen MR) is 77.6 cm³/mol. The molecule has 5 nitrogen and oxygen atoms in total.